The standard InChI is InChI=1S/C9H20O2/c1-3-5-6-8-11-9-10-7-4-2/h3-9H2,1-2H3. The third-order valence-electron chi connectivity index (χ3n) is 1.41. The minimum Gasteiger partial charge on any atom is -0.355 e. The molecule has 68 valence electrons. The van der Waals surface area contributed by atoms with Crippen LogP contribution in [-0.4, -0.2) is 20.0 Å². The van der Waals surface area contributed by atoms with Gasteiger partial charge < -0.3 is 9.47 Å². The monoisotopic (exact) mass is 160 g/mol. The average molecular weight is 160 g/mol. The summed E-state index contributed by atoms with van der Waals surface area (Å²) >= 11 is 0. The Bertz CT molecular complexity index is 56.6. The maximum absolute atomic E-state index is 5.22. The minimum absolute atomic E-state index is 0.470. The summed E-state index contributed by atoms with van der Waals surface area (Å²) in [5.74, 6) is 0. The molecule has 0 aromatic heterocycles. The molecule has 2 nitrogen and oxygen atoms in total. The van der Waals surface area contributed by atoms with Crippen molar-refractivity contribution < 1.29 is 9.47 Å². The van der Waals surface area contributed by atoms with Crippen molar-refractivity contribution >= 4 is 0 Å². The molecule has 0 fully saturated rings. The predicted molar refractivity (Wildman–Crippen MR) is 46.6 cm³/mol. The zero-order valence-corrected chi connectivity index (χ0v) is 7.77. The Morgan fingerprint density at radius 3 is 2.18 bits per heavy atom. The summed E-state index contributed by atoms with van der Waals surface area (Å²) in [4.78, 5) is 0. The Labute approximate surface area is 69.9 Å². The van der Waals surface area contributed by atoms with Gasteiger partial charge in [0, 0.05) is 13.2 Å². The van der Waals surface area contributed by atoms with Crippen molar-refractivity contribution in [3.05, 3.63) is 0 Å². The Morgan fingerprint density at radius 1 is 0.818 bits per heavy atom. The minimum atomic E-state index is 0.470. The Balaban J connectivity index is 2.69. The lowest BCUT2D eigenvalue weighted by Crippen LogP contribution is -2.01. The van der Waals surface area contributed by atoms with Crippen molar-refractivity contribution in [2.24, 2.45) is 0 Å². The van der Waals surface area contributed by atoms with Crippen LogP contribution in [-0.2, 0) is 9.47 Å². The SMILES string of the molecule is CCCCCOCOCCC. The van der Waals surface area contributed by atoms with Crippen molar-refractivity contribution in [2.45, 2.75) is 39.5 Å². The summed E-state index contributed by atoms with van der Waals surface area (Å²) in [6.45, 7) is 6.41. The summed E-state index contributed by atoms with van der Waals surface area (Å²) < 4.78 is 10.4. The third-order valence-corrected chi connectivity index (χ3v) is 1.41. The molecule has 11 heavy (non-hydrogen) atoms. The quantitative estimate of drug-likeness (QED) is 0.401. The van der Waals surface area contributed by atoms with Gasteiger partial charge in [-0.25, -0.2) is 0 Å². The first-order chi connectivity index (χ1) is 5.41. The average Bonchev–Trinajstić information content (AvgIpc) is 2.03. The van der Waals surface area contributed by atoms with Gasteiger partial charge in [-0.2, -0.15) is 0 Å². The van der Waals surface area contributed by atoms with E-state index in [0.29, 0.717) is 6.79 Å². The van der Waals surface area contributed by atoms with Crippen LogP contribution in [0.2, 0.25) is 0 Å². The van der Waals surface area contributed by atoms with E-state index < -0.39 is 0 Å². The molecule has 0 unspecified atom stereocenters. The second kappa shape index (κ2) is 9.92. The van der Waals surface area contributed by atoms with Gasteiger partial charge in [-0.3, -0.25) is 0 Å². The highest BCUT2D eigenvalue weighted by atomic mass is 16.7. The van der Waals surface area contributed by atoms with Crippen molar-refractivity contribution in [2.75, 3.05) is 20.0 Å². The topological polar surface area (TPSA) is 18.5 Å². The summed E-state index contributed by atoms with van der Waals surface area (Å²) in [5, 5.41) is 0. The number of ether oxygens (including phenoxy) is 2. The normalized spacial score (nSPS) is 10.4. The van der Waals surface area contributed by atoms with E-state index >= 15 is 0 Å². The van der Waals surface area contributed by atoms with Crippen molar-refractivity contribution in [3.63, 3.8) is 0 Å². The van der Waals surface area contributed by atoms with E-state index in [1.54, 1.807) is 0 Å². The molecule has 0 radical (unpaired) electrons. The molecule has 0 aliphatic heterocycles. The van der Waals surface area contributed by atoms with Crippen LogP contribution in [0.1, 0.15) is 39.5 Å². The lowest BCUT2D eigenvalue weighted by molar-refractivity contribution is -0.0543. The molecule has 0 amide bonds. The van der Waals surface area contributed by atoms with Crippen molar-refractivity contribution in [3.8, 4) is 0 Å². The first-order valence-electron chi connectivity index (χ1n) is 4.57. The van der Waals surface area contributed by atoms with Crippen molar-refractivity contribution in [1.29, 1.82) is 0 Å². The molecule has 0 aromatic rings. The molecule has 0 spiro atoms. The van der Waals surface area contributed by atoms with Crippen LogP contribution >= 0.6 is 0 Å². The van der Waals surface area contributed by atoms with Crippen LogP contribution in [0, 0.1) is 0 Å². The molecule has 0 saturated carbocycles. The van der Waals surface area contributed by atoms with E-state index in [4.69, 9.17) is 9.47 Å². The Kier molecular flexibility index (Phi) is 9.85. The van der Waals surface area contributed by atoms with E-state index in [9.17, 15) is 0 Å². The zero-order valence-electron chi connectivity index (χ0n) is 7.77. The van der Waals surface area contributed by atoms with Crippen LogP contribution < -0.4 is 0 Å². The van der Waals surface area contributed by atoms with Gasteiger partial charge in [0.2, 0.25) is 0 Å². The highest BCUT2D eigenvalue weighted by molar-refractivity contribution is 4.34. The fraction of sp³-hybridized carbons (Fsp3) is 1.00. The van der Waals surface area contributed by atoms with Gasteiger partial charge in [-0.15, -0.1) is 0 Å². The summed E-state index contributed by atoms with van der Waals surface area (Å²) in [6.07, 6.45) is 4.73. The van der Waals surface area contributed by atoms with Crippen LogP contribution in [0.25, 0.3) is 0 Å². The van der Waals surface area contributed by atoms with Gasteiger partial charge in [0.15, 0.2) is 0 Å². The molecule has 0 saturated heterocycles. The second-order valence-electron chi connectivity index (χ2n) is 2.64. The van der Waals surface area contributed by atoms with Crippen molar-refractivity contribution in [1.82, 2.24) is 0 Å². The third kappa shape index (κ3) is 9.92. The van der Waals surface area contributed by atoms with Crippen LogP contribution in [0.4, 0.5) is 0 Å². The van der Waals surface area contributed by atoms with Gasteiger partial charge in [0.1, 0.15) is 6.79 Å². The molecular weight excluding hydrogens is 140 g/mol. The highest BCUT2D eigenvalue weighted by Gasteiger charge is 1.87. The highest BCUT2D eigenvalue weighted by Crippen LogP contribution is 1.94. The Morgan fingerprint density at radius 2 is 1.55 bits per heavy atom. The predicted octanol–water partition coefficient (Wildman–Crippen LogP) is 2.58. The summed E-state index contributed by atoms with van der Waals surface area (Å²) in [7, 11) is 0. The second-order valence-corrected chi connectivity index (χ2v) is 2.64. The maximum Gasteiger partial charge on any atom is 0.146 e. The summed E-state index contributed by atoms with van der Waals surface area (Å²) in [5.41, 5.74) is 0. The van der Waals surface area contributed by atoms with Gasteiger partial charge in [0.05, 0.1) is 0 Å². The molecule has 2 heteroatoms. The molecule has 0 N–H and O–H groups in total. The van der Waals surface area contributed by atoms with E-state index in [0.717, 1.165) is 26.1 Å². The molecule has 0 bridgehead atoms. The molecule has 0 rings (SSSR count). The first kappa shape index (κ1) is 10.9. The molecule has 0 heterocycles. The zero-order chi connectivity index (χ0) is 8.36. The Hall–Kier alpha value is -0.0800. The smallest absolute Gasteiger partial charge is 0.146 e. The van der Waals surface area contributed by atoms with Crippen LogP contribution in [0.15, 0.2) is 0 Å². The van der Waals surface area contributed by atoms with Gasteiger partial charge in [0.25, 0.3) is 0 Å². The largest absolute Gasteiger partial charge is 0.355 e. The molecule has 0 aromatic carbocycles. The first-order valence-corrected chi connectivity index (χ1v) is 4.57. The number of unbranched alkanes of at least 4 members (excludes halogenated alkanes) is 2. The van der Waals surface area contributed by atoms with E-state index in [2.05, 4.69) is 13.8 Å². The maximum atomic E-state index is 5.22. The van der Waals surface area contributed by atoms with Gasteiger partial charge in [-0.05, 0) is 12.8 Å². The van der Waals surface area contributed by atoms with Crippen LogP contribution in [0.3, 0.4) is 0 Å². The molecular formula is C9H20O2. The molecule has 0 aliphatic carbocycles. The lowest BCUT2D eigenvalue weighted by atomic mass is 10.3. The fourth-order valence-corrected chi connectivity index (χ4v) is 0.775. The molecule has 0 atom stereocenters. The fourth-order valence-electron chi connectivity index (χ4n) is 0.775. The number of hydrogen-bond donors (Lipinski definition) is 0. The molecule has 0 aliphatic rings. The van der Waals surface area contributed by atoms with Gasteiger partial charge in [-0.1, -0.05) is 26.7 Å². The summed E-state index contributed by atoms with van der Waals surface area (Å²) in [6, 6.07) is 0. The van der Waals surface area contributed by atoms with E-state index in [-0.39, 0.29) is 0 Å². The van der Waals surface area contributed by atoms with E-state index in [1.807, 2.05) is 0 Å². The number of hydrogen-bond acceptors (Lipinski definition) is 2. The lowest BCUT2D eigenvalue weighted by Gasteiger charge is -2.03. The van der Waals surface area contributed by atoms with Gasteiger partial charge >= 0.3 is 0 Å². The van der Waals surface area contributed by atoms with Crippen LogP contribution in [0.5, 0.6) is 0 Å². The van der Waals surface area contributed by atoms with E-state index in [1.165, 1.54) is 12.8 Å². The number of rotatable bonds is 8.